The summed E-state index contributed by atoms with van der Waals surface area (Å²) in [6.45, 7) is 4.62. The molecule has 32 heavy (non-hydrogen) atoms. The molecule has 5 rings (SSSR count). The minimum atomic E-state index is -1.17. The second kappa shape index (κ2) is 7.56. The van der Waals surface area contributed by atoms with Crippen LogP contribution < -0.4 is 14.8 Å². The van der Waals surface area contributed by atoms with Gasteiger partial charge in [-0.1, -0.05) is 31.2 Å². The fourth-order valence-corrected chi connectivity index (χ4v) is 4.40. The highest BCUT2D eigenvalue weighted by atomic mass is 16.7. The molecule has 1 fully saturated rings. The first-order valence-electron chi connectivity index (χ1n) is 10.6. The van der Waals surface area contributed by atoms with Crippen molar-refractivity contribution in [1.29, 1.82) is 0 Å². The number of benzene rings is 2. The van der Waals surface area contributed by atoms with Crippen molar-refractivity contribution in [2.75, 3.05) is 20.5 Å². The standard InChI is InChI=1S/C24H25N3O5/c1-4-18-17(16-7-5-6-8-19(16)32-18)12-26(3)13-27-22(28)24(2,25-23(27)29)15-9-10-20-21(11-15)31-14-30-20/h5-11H,4,12-14H2,1-3H3,(H,25,29)/t24-/m0/s1. The molecule has 0 spiro atoms. The number of ether oxygens (including phenoxy) is 2. The number of nitrogens with zero attached hydrogens (tertiary/aromatic N) is 2. The van der Waals surface area contributed by atoms with Crippen LogP contribution in [-0.4, -0.2) is 42.2 Å². The van der Waals surface area contributed by atoms with Crippen LogP contribution >= 0.6 is 0 Å². The lowest BCUT2D eigenvalue weighted by atomic mass is 9.92. The number of imide groups is 1. The van der Waals surface area contributed by atoms with E-state index in [9.17, 15) is 9.59 Å². The van der Waals surface area contributed by atoms with Crippen molar-refractivity contribution in [3.05, 3.63) is 59.4 Å². The number of furan rings is 1. The van der Waals surface area contributed by atoms with Gasteiger partial charge in [0.05, 0.1) is 6.67 Å². The lowest BCUT2D eigenvalue weighted by Crippen LogP contribution is -2.42. The summed E-state index contributed by atoms with van der Waals surface area (Å²) in [5.41, 5.74) is 1.41. The molecule has 0 bridgehead atoms. The number of rotatable bonds is 6. The predicted molar refractivity (Wildman–Crippen MR) is 117 cm³/mol. The average molecular weight is 435 g/mol. The fourth-order valence-electron chi connectivity index (χ4n) is 4.40. The second-order valence-corrected chi connectivity index (χ2v) is 8.37. The first-order valence-corrected chi connectivity index (χ1v) is 10.6. The van der Waals surface area contributed by atoms with E-state index in [2.05, 4.69) is 12.2 Å². The smallest absolute Gasteiger partial charge is 0.326 e. The first kappa shape index (κ1) is 20.4. The molecule has 8 heteroatoms. The lowest BCUT2D eigenvalue weighted by molar-refractivity contribution is -0.132. The topological polar surface area (TPSA) is 84.2 Å². The molecule has 1 saturated heterocycles. The van der Waals surface area contributed by atoms with E-state index in [0.717, 1.165) is 28.7 Å². The van der Waals surface area contributed by atoms with E-state index < -0.39 is 11.6 Å². The van der Waals surface area contributed by atoms with Crippen molar-refractivity contribution in [3.8, 4) is 11.5 Å². The maximum absolute atomic E-state index is 13.3. The molecule has 166 valence electrons. The van der Waals surface area contributed by atoms with Crippen LogP contribution in [0.4, 0.5) is 4.79 Å². The van der Waals surface area contributed by atoms with Gasteiger partial charge in [0, 0.05) is 23.9 Å². The SMILES string of the molecule is CCc1oc2ccccc2c1CN(C)CN1C(=O)N[C@@](C)(c2ccc3c(c2)OCO3)C1=O. The zero-order chi connectivity index (χ0) is 22.5. The fraction of sp³-hybridized carbons (Fsp3) is 0.333. The highest BCUT2D eigenvalue weighted by Crippen LogP contribution is 2.38. The Hall–Kier alpha value is -3.52. The Kier molecular flexibility index (Phi) is 4.82. The van der Waals surface area contributed by atoms with Crippen molar-refractivity contribution in [3.63, 3.8) is 0 Å². The number of nitrogens with one attached hydrogen (secondary N) is 1. The van der Waals surface area contributed by atoms with E-state index in [4.69, 9.17) is 13.9 Å². The van der Waals surface area contributed by atoms with Gasteiger partial charge in [0.1, 0.15) is 16.9 Å². The monoisotopic (exact) mass is 435 g/mol. The van der Waals surface area contributed by atoms with Crippen LogP contribution in [0.1, 0.15) is 30.7 Å². The Bertz CT molecular complexity index is 1220. The number of carbonyl (C=O) groups is 2. The van der Waals surface area contributed by atoms with Crippen molar-refractivity contribution in [1.82, 2.24) is 15.1 Å². The Labute approximate surface area is 185 Å². The zero-order valence-corrected chi connectivity index (χ0v) is 18.3. The summed E-state index contributed by atoms with van der Waals surface area (Å²) < 4.78 is 16.8. The zero-order valence-electron chi connectivity index (χ0n) is 18.3. The molecule has 3 aromatic rings. The molecule has 1 N–H and O–H groups in total. The van der Waals surface area contributed by atoms with Gasteiger partial charge in [-0.3, -0.25) is 9.69 Å². The molecule has 2 aliphatic rings. The van der Waals surface area contributed by atoms with Gasteiger partial charge in [0.2, 0.25) is 6.79 Å². The van der Waals surface area contributed by atoms with Gasteiger partial charge >= 0.3 is 6.03 Å². The molecule has 3 heterocycles. The minimum absolute atomic E-state index is 0.148. The highest BCUT2D eigenvalue weighted by molar-refractivity contribution is 6.07. The molecule has 1 atom stereocenters. The first-order chi connectivity index (χ1) is 15.4. The summed E-state index contributed by atoms with van der Waals surface area (Å²) >= 11 is 0. The van der Waals surface area contributed by atoms with Gasteiger partial charge in [-0.15, -0.1) is 0 Å². The number of hydrogen-bond acceptors (Lipinski definition) is 6. The normalized spacial score (nSPS) is 19.9. The Morgan fingerprint density at radius 2 is 1.91 bits per heavy atom. The van der Waals surface area contributed by atoms with E-state index in [0.29, 0.717) is 23.6 Å². The Morgan fingerprint density at radius 1 is 1.12 bits per heavy atom. The van der Waals surface area contributed by atoms with Crippen LogP contribution in [0.3, 0.4) is 0 Å². The second-order valence-electron chi connectivity index (χ2n) is 8.37. The number of amides is 3. The largest absolute Gasteiger partial charge is 0.461 e. The highest BCUT2D eigenvalue weighted by Gasteiger charge is 2.49. The number of hydrogen-bond donors (Lipinski definition) is 1. The van der Waals surface area contributed by atoms with Crippen LogP contribution in [-0.2, 0) is 23.3 Å². The molecule has 2 aromatic carbocycles. The minimum Gasteiger partial charge on any atom is -0.461 e. The summed E-state index contributed by atoms with van der Waals surface area (Å²) in [6.07, 6.45) is 0.767. The van der Waals surface area contributed by atoms with E-state index >= 15 is 0 Å². The van der Waals surface area contributed by atoms with Crippen LogP contribution in [0.5, 0.6) is 11.5 Å². The molecular formula is C24H25N3O5. The van der Waals surface area contributed by atoms with Crippen LogP contribution in [0, 0.1) is 0 Å². The van der Waals surface area contributed by atoms with Crippen molar-refractivity contribution in [2.24, 2.45) is 0 Å². The van der Waals surface area contributed by atoms with E-state index in [1.54, 1.807) is 25.1 Å². The van der Waals surface area contributed by atoms with Gasteiger partial charge in [-0.25, -0.2) is 9.69 Å². The molecule has 8 nitrogen and oxygen atoms in total. The van der Waals surface area contributed by atoms with Crippen LogP contribution in [0.2, 0.25) is 0 Å². The van der Waals surface area contributed by atoms with Gasteiger partial charge in [-0.2, -0.15) is 0 Å². The van der Waals surface area contributed by atoms with Gasteiger partial charge in [-0.05, 0) is 37.7 Å². The van der Waals surface area contributed by atoms with Gasteiger partial charge < -0.3 is 19.2 Å². The number of para-hydroxylation sites is 1. The summed E-state index contributed by atoms with van der Waals surface area (Å²) in [4.78, 5) is 29.3. The van der Waals surface area contributed by atoms with Crippen LogP contribution in [0.15, 0.2) is 46.9 Å². The summed E-state index contributed by atoms with van der Waals surface area (Å²) in [7, 11) is 1.89. The quantitative estimate of drug-likeness (QED) is 0.596. The van der Waals surface area contributed by atoms with Gasteiger partial charge in [0.15, 0.2) is 11.5 Å². The Balaban J connectivity index is 1.36. The predicted octanol–water partition coefficient (Wildman–Crippen LogP) is 3.58. The maximum Gasteiger partial charge on any atom is 0.326 e. The third kappa shape index (κ3) is 3.18. The maximum atomic E-state index is 13.3. The van der Waals surface area contributed by atoms with E-state index in [1.807, 2.05) is 36.2 Å². The third-order valence-electron chi connectivity index (χ3n) is 6.14. The molecular weight excluding hydrogens is 410 g/mol. The average Bonchev–Trinajstić information content (AvgIpc) is 3.45. The molecule has 1 aromatic heterocycles. The lowest BCUT2D eigenvalue weighted by Gasteiger charge is -2.25. The Morgan fingerprint density at radius 3 is 2.72 bits per heavy atom. The van der Waals surface area contributed by atoms with Gasteiger partial charge in [0.25, 0.3) is 5.91 Å². The summed E-state index contributed by atoms with van der Waals surface area (Å²) in [5.74, 6) is 1.81. The molecule has 0 radical (unpaired) electrons. The third-order valence-corrected chi connectivity index (χ3v) is 6.14. The van der Waals surface area contributed by atoms with Crippen molar-refractivity contribution in [2.45, 2.75) is 32.4 Å². The molecule has 3 amide bonds. The number of carbonyl (C=O) groups excluding carboxylic acids is 2. The number of fused-ring (bicyclic) bond motifs is 2. The van der Waals surface area contributed by atoms with E-state index in [1.165, 1.54) is 4.90 Å². The number of urea groups is 1. The summed E-state index contributed by atoms with van der Waals surface area (Å²) in [5, 5.41) is 3.90. The van der Waals surface area contributed by atoms with E-state index in [-0.39, 0.29) is 19.4 Å². The van der Waals surface area contributed by atoms with Crippen molar-refractivity contribution >= 4 is 22.9 Å². The molecule has 0 aliphatic carbocycles. The molecule has 0 saturated carbocycles. The van der Waals surface area contributed by atoms with Crippen LogP contribution in [0.25, 0.3) is 11.0 Å². The number of aryl methyl sites for hydroxylation is 1. The molecule has 0 unspecified atom stereocenters. The molecule has 2 aliphatic heterocycles. The summed E-state index contributed by atoms with van der Waals surface area (Å²) in [6, 6.07) is 12.8. The van der Waals surface area contributed by atoms with Crippen molar-refractivity contribution < 1.29 is 23.5 Å².